The molecule has 0 bridgehead atoms. The second-order valence-electron chi connectivity index (χ2n) is 12.3. The Labute approximate surface area is 231 Å². The van der Waals surface area contributed by atoms with Crippen molar-refractivity contribution in [3.8, 4) is 0 Å². The van der Waals surface area contributed by atoms with Crippen molar-refractivity contribution in [2.75, 3.05) is 13.1 Å². The van der Waals surface area contributed by atoms with Gasteiger partial charge in [-0.15, -0.1) is 0 Å². The van der Waals surface area contributed by atoms with Crippen molar-refractivity contribution in [2.45, 2.75) is 214 Å². The zero-order chi connectivity index (χ0) is 26.4. The van der Waals surface area contributed by atoms with Crippen LogP contribution in [0.15, 0.2) is 0 Å². The topological polar surface area (TPSA) is 3.24 Å². The van der Waals surface area contributed by atoms with Crippen LogP contribution in [0.5, 0.6) is 0 Å². The SMILES string of the molecule is CCCCCCCCCCCCCCCCN(CCCCCCCCCCCCCCCC)C(C)C. The third-order valence-corrected chi connectivity index (χ3v) is 8.33. The van der Waals surface area contributed by atoms with Crippen LogP contribution in [0.2, 0.25) is 0 Å². The van der Waals surface area contributed by atoms with Gasteiger partial charge in [0, 0.05) is 6.04 Å². The van der Waals surface area contributed by atoms with Gasteiger partial charge in [-0.05, 0) is 39.8 Å². The fourth-order valence-electron chi connectivity index (χ4n) is 5.65. The quantitative estimate of drug-likeness (QED) is 0.0843. The molecule has 0 radical (unpaired) electrons. The van der Waals surface area contributed by atoms with E-state index in [1.54, 1.807) is 0 Å². The number of hydrogen-bond acceptors (Lipinski definition) is 1. The van der Waals surface area contributed by atoms with Crippen molar-refractivity contribution < 1.29 is 0 Å². The van der Waals surface area contributed by atoms with Gasteiger partial charge in [0.15, 0.2) is 0 Å². The molecule has 0 rings (SSSR count). The van der Waals surface area contributed by atoms with Crippen molar-refractivity contribution in [3.05, 3.63) is 0 Å². The van der Waals surface area contributed by atoms with Gasteiger partial charge in [0.25, 0.3) is 0 Å². The maximum absolute atomic E-state index is 2.75. The molecule has 0 unspecified atom stereocenters. The number of hydrogen-bond donors (Lipinski definition) is 0. The van der Waals surface area contributed by atoms with E-state index in [2.05, 4.69) is 32.6 Å². The minimum Gasteiger partial charge on any atom is -0.301 e. The molecule has 0 aromatic heterocycles. The predicted octanol–water partition coefficient (Wildman–Crippen LogP) is 12.7. The van der Waals surface area contributed by atoms with Gasteiger partial charge in [0.1, 0.15) is 0 Å². The van der Waals surface area contributed by atoms with Crippen LogP contribution in [-0.2, 0) is 0 Å². The summed E-state index contributed by atoms with van der Waals surface area (Å²) in [4.78, 5) is 2.75. The van der Waals surface area contributed by atoms with Gasteiger partial charge in [-0.1, -0.05) is 181 Å². The molecule has 0 aliphatic rings. The Bertz CT molecular complexity index is 345. The van der Waals surface area contributed by atoms with E-state index in [4.69, 9.17) is 0 Å². The van der Waals surface area contributed by atoms with E-state index in [1.165, 1.54) is 193 Å². The van der Waals surface area contributed by atoms with Gasteiger partial charge in [0.2, 0.25) is 0 Å². The van der Waals surface area contributed by atoms with E-state index in [0.29, 0.717) is 6.04 Å². The van der Waals surface area contributed by atoms with Crippen molar-refractivity contribution in [3.63, 3.8) is 0 Å². The summed E-state index contributed by atoms with van der Waals surface area (Å²) in [6, 6.07) is 0.717. The highest BCUT2D eigenvalue weighted by molar-refractivity contribution is 4.63. The van der Waals surface area contributed by atoms with Gasteiger partial charge in [-0.2, -0.15) is 0 Å². The van der Waals surface area contributed by atoms with E-state index in [9.17, 15) is 0 Å². The summed E-state index contributed by atoms with van der Waals surface area (Å²) in [5, 5.41) is 0. The van der Waals surface area contributed by atoms with Crippen LogP contribution in [0.4, 0.5) is 0 Å². The summed E-state index contributed by atoms with van der Waals surface area (Å²) in [7, 11) is 0. The summed E-state index contributed by atoms with van der Waals surface area (Å²) in [5.74, 6) is 0. The summed E-state index contributed by atoms with van der Waals surface area (Å²) in [6.45, 7) is 12.1. The first kappa shape index (κ1) is 36.0. The second-order valence-corrected chi connectivity index (χ2v) is 12.3. The highest BCUT2D eigenvalue weighted by Crippen LogP contribution is 2.15. The van der Waals surface area contributed by atoms with Crippen LogP contribution in [0.25, 0.3) is 0 Å². The van der Waals surface area contributed by atoms with E-state index < -0.39 is 0 Å². The fourth-order valence-corrected chi connectivity index (χ4v) is 5.65. The Kier molecular flexibility index (Phi) is 31.1. The van der Waals surface area contributed by atoms with Crippen LogP contribution in [0.1, 0.15) is 207 Å². The van der Waals surface area contributed by atoms with Crippen LogP contribution in [-0.4, -0.2) is 24.0 Å². The third kappa shape index (κ3) is 28.5. The van der Waals surface area contributed by atoms with Crippen molar-refractivity contribution >= 4 is 0 Å². The molecule has 0 N–H and O–H groups in total. The fraction of sp³-hybridized carbons (Fsp3) is 1.00. The smallest absolute Gasteiger partial charge is 0.00385 e. The first-order valence-corrected chi connectivity index (χ1v) is 17.5. The summed E-state index contributed by atoms with van der Waals surface area (Å²) < 4.78 is 0. The lowest BCUT2D eigenvalue weighted by atomic mass is 10.0. The van der Waals surface area contributed by atoms with Gasteiger partial charge in [-0.3, -0.25) is 0 Å². The Morgan fingerprint density at radius 3 is 0.694 bits per heavy atom. The molecule has 0 heterocycles. The summed E-state index contributed by atoms with van der Waals surface area (Å²) in [6.07, 6.45) is 40.8. The molecule has 0 aliphatic heterocycles. The van der Waals surface area contributed by atoms with Crippen LogP contribution < -0.4 is 0 Å². The van der Waals surface area contributed by atoms with E-state index in [1.807, 2.05) is 0 Å². The number of unbranched alkanes of at least 4 members (excludes halogenated alkanes) is 26. The predicted molar refractivity (Wildman–Crippen MR) is 167 cm³/mol. The normalized spacial score (nSPS) is 11.8. The molecule has 1 nitrogen and oxygen atoms in total. The molecule has 36 heavy (non-hydrogen) atoms. The lowest BCUT2D eigenvalue weighted by Crippen LogP contribution is -2.32. The molecule has 0 saturated carbocycles. The average Bonchev–Trinajstić information content (AvgIpc) is 2.87. The maximum Gasteiger partial charge on any atom is 0.00385 e. The second kappa shape index (κ2) is 31.2. The molecule has 0 aliphatic carbocycles. The summed E-state index contributed by atoms with van der Waals surface area (Å²) in [5.41, 5.74) is 0. The molecule has 0 saturated heterocycles. The average molecular weight is 508 g/mol. The Morgan fingerprint density at radius 1 is 0.306 bits per heavy atom. The molecule has 218 valence electrons. The zero-order valence-corrected chi connectivity index (χ0v) is 26.2. The molecule has 0 amide bonds. The van der Waals surface area contributed by atoms with E-state index in [0.717, 1.165) is 0 Å². The standard InChI is InChI=1S/C35H73N/c1-5-7-9-11-13-15-17-19-21-23-25-27-29-31-33-36(35(3)4)34-32-30-28-26-24-22-20-18-16-14-12-10-8-6-2/h35H,5-34H2,1-4H3. The molecular weight excluding hydrogens is 434 g/mol. The molecule has 0 aromatic carbocycles. The van der Waals surface area contributed by atoms with Crippen molar-refractivity contribution in [2.24, 2.45) is 0 Å². The lowest BCUT2D eigenvalue weighted by Gasteiger charge is -2.26. The summed E-state index contributed by atoms with van der Waals surface area (Å²) >= 11 is 0. The third-order valence-electron chi connectivity index (χ3n) is 8.33. The van der Waals surface area contributed by atoms with Crippen LogP contribution in [0, 0.1) is 0 Å². The molecule has 0 fully saturated rings. The van der Waals surface area contributed by atoms with Gasteiger partial charge < -0.3 is 4.90 Å². The maximum atomic E-state index is 2.75. The number of rotatable bonds is 31. The molecule has 0 spiro atoms. The van der Waals surface area contributed by atoms with Crippen LogP contribution in [0.3, 0.4) is 0 Å². The number of nitrogens with zero attached hydrogens (tertiary/aromatic N) is 1. The Hall–Kier alpha value is -0.0400. The molecular formula is C35H73N. The zero-order valence-electron chi connectivity index (χ0n) is 26.2. The Morgan fingerprint density at radius 2 is 0.500 bits per heavy atom. The van der Waals surface area contributed by atoms with Crippen LogP contribution >= 0.6 is 0 Å². The van der Waals surface area contributed by atoms with Gasteiger partial charge in [0.05, 0.1) is 0 Å². The van der Waals surface area contributed by atoms with E-state index in [-0.39, 0.29) is 0 Å². The Balaban J connectivity index is 3.39. The van der Waals surface area contributed by atoms with Crippen molar-refractivity contribution in [1.29, 1.82) is 0 Å². The van der Waals surface area contributed by atoms with Gasteiger partial charge >= 0.3 is 0 Å². The minimum atomic E-state index is 0.717. The largest absolute Gasteiger partial charge is 0.301 e. The first-order chi connectivity index (χ1) is 17.7. The van der Waals surface area contributed by atoms with Crippen molar-refractivity contribution in [1.82, 2.24) is 4.90 Å². The highest BCUT2D eigenvalue weighted by Gasteiger charge is 2.08. The lowest BCUT2D eigenvalue weighted by molar-refractivity contribution is 0.211. The monoisotopic (exact) mass is 508 g/mol. The molecule has 0 aromatic rings. The van der Waals surface area contributed by atoms with E-state index >= 15 is 0 Å². The minimum absolute atomic E-state index is 0.717. The first-order valence-electron chi connectivity index (χ1n) is 17.5. The highest BCUT2D eigenvalue weighted by atomic mass is 15.1. The molecule has 0 atom stereocenters. The van der Waals surface area contributed by atoms with Gasteiger partial charge in [-0.25, -0.2) is 0 Å². The molecule has 1 heteroatoms.